The molecule has 0 unspecified atom stereocenters. The first-order valence-electron chi connectivity index (χ1n) is 12.7. The second-order valence-electron chi connectivity index (χ2n) is 11.9. The summed E-state index contributed by atoms with van der Waals surface area (Å²) >= 11 is 0. The molecule has 0 atom stereocenters. The van der Waals surface area contributed by atoms with Gasteiger partial charge < -0.3 is 14.8 Å². The van der Waals surface area contributed by atoms with Crippen molar-refractivity contribution >= 4 is 17.5 Å². The molecule has 0 radical (unpaired) electrons. The fourth-order valence-corrected chi connectivity index (χ4v) is 5.84. The van der Waals surface area contributed by atoms with Crippen LogP contribution in [0.25, 0.3) is 0 Å². The van der Waals surface area contributed by atoms with Gasteiger partial charge in [0, 0.05) is 41.3 Å². The molecule has 2 aromatic rings. The molecule has 0 saturated carbocycles. The SMILES string of the molecule is COc1ccc(C(=O)Oc2ccc(C3C4=C(CC(C)(C)CC4=O)NC4=C3C(=O)CC(C)(C)C4)cc2)cc1. The van der Waals surface area contributed by atoms with Crippen molar-refractivity contribution in [3.8, 4) is 11.5 Å². The molecule has 1 aliphatic heterocycles. The van der Waals surface area contributed by atoms with Crippen LogP contribution in [0.3, 0.4) is 0 Å². The van der Waals surface area contributed by atoms with Crippen LogP contribution in [0, 0.1) is 10.8 Å². The maximum Gasteiger partial charge on any atom is 0.343 e. The number of ether oxygens (including phenoxy) is 2. The zero-order chi connectivity index (χ0) is 26.5. The van der Waals surface area contributed by atoms with Crippen LogP contribution in [-0.2, 0) is 9.59 Å². The van der Waals surface area contributed by atoms with Crippen LogP contribution >= 0.6 is 0 Å². The quantitative estimate of drug-likeness (QED) is 0.417. The molecule has 0 bridgehead atoms. The van der Waals surface area contributed by atoms with Crippen molar-refractivity contribution in [2.24, 2.45) is 10.8 Å². The van der Waals surface area contributed by atoms with Crippen LogP contribution in [0.1, 0.15) is 75.2 Å². The number of nitrogens with one attached hydrogen (secondary N) is 1. The van der Waals surface area contributed by atoms with Gasteiger partial charge in [-0.1, -0.05) is 39.8 Å². The molecule has 2 aromatic carbocycles. The number of allylic oxidation sites excluding steroid dienone is 4. The zero-order valence-corrected chi connectivity index (χ0v) is 22.1. The highest BCUT2D eigenvalue weighted by Crippen LogP contribution is 2.51. The van der Waals surface area contributed by atoms with Gasteiger partial charge >= 0.3 is 5.97 Å². The van der Waals surface area contributed by atoms with E-state index in [1.165, 1.54) is 0 Å². The van der Waals surface area contributed by atoms with Gasteiger partial charge in [-0.25, -0.2) is 4.79 Å². The van der Waals surface area contributed by atoms with E-state index in [0.717, 1.165) is 29.8 Å². The number of benzene rings is 2. The van der Waals surface area contributed by atoms with Gasteiger partial charge in [-0.3, -0.25) is 9.59 Å². The predicted octanol–water partition coefficient (Wildman–Crippen LogP) is 5.89. The van der Waals surface area contributed by atoms with Crippen molar-refractivity contribution in [1.82, 2.24) is 5.32 Å². The minimum Gasteiger partial charge on any atom is -0.497 e. The lowest BCUT2D eigenvalue weighted by atomic mass is 9.64. The van der Waals surface area contributed by atoms with Gasteiger partial charge in [-0.2, -0.15) is 0 Å². The minimum atomic E-state index is -0.471. The number of rotatable bonds is 4. The number of carbonyl (C=O) groups excluding carboxylic acids is 3. The molecule has 0 spiro atoms. The summed E-state index contributed by atoms with van der Waals surface area (Å²) in [5, 5.41) is 3.53. The van der Waals surface area contributed by atoms with E-state index < -0.39 is 11.9 Å². The molecule has 0 amide bonds. The first-order valence-corrected chi connectivity index (χ1v) is 12.7. The second kappa shape index (κ2) is 9.02. The number of Topliss-reactive ketones (excluding diaryl/α,β-unsaturated/α-hetero) is 2. The Balaban J connectivity index is 1.48. The number of ketones is 2. The number of methoxy groups -OCH3 is 1. The second-order valence-corrected chi connectivity index (χ2v) is 11.9. The summed E-state index contributed by atoms with van der Waals surface area (Å²) in [5.74, 6) is 0.345. The summed E-state index contributed by atoms with van der Waals surface area (Å²) in [6, 6.07) is 13.9. The van der Waals surface area contributed by atoms with E-state index in [0.29, 0.717) is 41.1 Å². The highest BCUT2D eigenvalue weighted by molar-refractivity contribution is 6.06. The first kappa shape index (κ1) is 25.0. The molecule has 0 aromatic heterocycles. The number of esters is 1. The third-order valence-electron chi connectivity index (χ3n) is 7.47. The zero-order valence-electron chi connectivity index (χ0n) is 22.1. The lowest BCUT2D eigenvalue weighted by Crippen LogP contribution is -2.42. The Morgan fingerprint density at radius 3 is 1.73 bits per heavy atom. The summed E-state index contributed by atoms with van der Waals surface area (Å²) in [7, 11) is 1.57. The van der Waals surface area contributed by atoms with E-state index in [9.17, 15) is 14.4 Å². The highest BCUT2D eigenvalue weighted by atomic mass is 16.5. The smallest absolute Gasteiger partial charge is 0.343 e. The molecule has 3 aliphatic rings. The van der Waals surface area contributed by atoms with Crippen molar-refractivity contribution in [2.75, 3.05) is 7.11 Å². The van der Waals surface area contributed by atoms with Crippen molar-refractivity contribution < 1.29 is 23.9 Å². The molecular formula is C31H33NO5. The fourth-order valence-electron chi connectivity index (χ4n) is 5.84. The summed E-state index contributed by atoms with van der Waals surface area (Å²) in [4.78, 5) is 39.5. The molecule has 192 valence electrons. The Morgan fingerprint density at radius 2 is 1.24 bits per heavy atom. The third-order valence-corrected chi connectivity index (χ3v) is 7.47. The Hall–Kier alpha value is -3.67. The van der Waals surface area contributed by atoms with Crippen LogP contribution in [-0.4, -0.2) is 24.6 Å². The van der Waals surface area contributed by atoms with E-state index in [4.69, 9.17) is 9.47 Å². The maximum atomic E-state index is 13.4. The van der Waals surface area contributed by atoms with Gasteiger partial charge in [-0.15, -0.1) is 0 Å². The Morgan fingerprint density at radius 1 is 0.757 bits per heavy atom. The van der Waals surface area contributed by atoms with E-state index in [-0.39, 0.29) is 22.4 Å². The highest BCUT2D eigenvalue weighted by Gasteiger charge is 2.46. The monoisotopic (exact) mass is 499 g/mol. The van der Waals surface area contributed by atoms with Crippen molar-refractivity contribution in [3.63, 3.8) is 0 Å². The molecular weight excluding hydrogens is 466 g/mol. The first-order chi connectivity index (χ1) is 17.5. The molecule has 6 heteroatoms. The molecule has 1 heterocycles. The van der Waals surface area contributed by atoms with Crippen LogP contribution in [0.4, 0.5) is 0 Å². The van der Waals surface area contributed by atoms with Gasteiger partial charge in [0.25, 0.3) is 0 Å². The molecule has 1 N–H and O–H groups in total. The molecule has 0 saturated heterocycles. The van der Waals surface area contributed by atoms with Crippen LogP contribution in [0.15, 0.2) is 71.1 Å². The number of hydrogen-bond acceptors (Lipinski definition) is 6. The predicted molar refractivity (Wildman–Crippen MR) is 140 cm³/mol. The number of dihydropyridines is 1. The van der Waals surface area contributed by atoms with Crippen LogP contribution < -0.4 is 14.8 Å². The Bertz CT molecular complexity index is 1290. The summed E-state index contributed by atoms with van der Waals surface area (Å²) < 4.78 is 10.7. The average molecular weight is 500 g/mol. The van der Waals surface area contributed by atoms with Crippen molar-refractivity contribution in [2.45, 2.75) is 59.3 Å². The number of carbonyl (C=O) groups is 3. The normalized spacial score (nSPS) is 20.7. The molecule has 37 heavy (non-hydrogen) atoms. The summed E-state index contributed by atoms with van der Waals surface area (Å²) in [6.07, 6.45) is 2.41. The Kier molecular flexibility index (Phi) is 6.09. The molecule has 6 nitrogen and oxygen atoms in total. The lowest BCUT2D eigenvalue weighted by Gasteiger charge is -2.44. The standard InChI is InChI=1S/C31H33NO5/c1-30(2)14-22-27(24(33)16-30)26(28-23(32-22)15-31(3,4)17-25(28)34)18-6-12-21(13-7-18)37-29(35)19-8-10-20(36-5)11-9-19/h6-13,26,32H,14-17H2,1-5H3. The number of hydrogen-bond donors (Lipinski definition) is 1. The van der Waals surface area contributed by atoms with Gasteiger partial charge in [0.1, 0.15) is 11.5 Å². The van der Waals surface area contributed by atoms with E-state index in [1.54, 1.807) is 43.5 Å². The van der Waals surface area contributed by atoms with E-state index >= 15 is 0 Å². The van der Waals surface area contributed by atoms with Gasteiger partial charge in [0.2, 0.25) is 0 Å². The Labute approximate surface area is 217 Å². The van der Waals surface area contributed by atoms with Crippen molar-refractivity contribution in [3.05, 3.63) is 82.2 Å². The third kappa shape index (κ3) is 4.85. The van der Waals surface area contributed by atoms with Gasteiger partial charge in [0.05, 0.1) is 12.7 Å². The fraction of sp³-hybridized carbons (Fsp3) is 0.387. The van der Waals surface area contributed by atoms with Crippen LogP contribution in [0.5, 0.6) is 11.5 Å². The van der Waals surface area contributed by atoms with Gasteiger partial charge in [0.15, 0.2) is 11.6 Å². The topological polar surface area (TPSA) is 81.7 Å². The largest absolute Gasteiger partial charge is 0.497 e. The van der Waals surface area contributed by atoms with Gasteiger partial charge in [-0.05, 0) is 65.6 Å². The average Bonchev–Trinajstić information content (AvgIpc) is 2.81. The molecule has 0 fully saturated rings. The lowest BCUT2D eigenvalue weighted by molar-refractivity contribution is -0.119. The summed E-state index contributed by atoms with van der Waals surface area (Å²) in [5.41, 5.74) is 4.27. The van der Waals surface area contributed by atoms with E-state index in [1.807, 2.05) is 12.1 Å². The summed E-state index contributed by atoms with van der Waals surface area (Å²) in [6.45, 7) is 8.43. The molecule has 5 rings (SSSR count). The van der Waals surface area contributed by atoms with Crippen LogP contribution in [0.2, 0.25) is 0 Å². The van der Waals surface area contributed by atoms with E-state index in [2.05, 4.69) is 33.0 Å². The molecule has 2 aliphatic carbocycles. The maximum absolute atomic E-state index is 13.4. The minimum absolute atomic E-state index is 0.0861. The van der Waals surface area contributed by atoms with Crippen molar-refractivity contribution in [1.29, 1.82) is 0 Å².